The predicted molar refractivity (Wildman–Crippen MR) is 310 cm³/mol. The lowest BCUT2D eigenvalue weighted by atomic mass is 10.0. The van der Waals surface area contributed by atoms with E-state index in [1.165, 1.54) is 283 Å². The van der Waals surface area contributed by atoms with Gasteiger partial charge in [-0.2, -0.15) is 0 Å². The summed E-state index contributed by atoms with van der Waals surface area (Å²) >= 11 is 0. The SMILES string of the molecule is CCCCCCCC/C=C\CCCCCCCCCC(=O)OCCCCCCCCCCCCCCCCCCCCCCCCCCCC(=O)NC(CO)C(O)/C=C/CCCCCCCCCCCC. The summed E-state index contributed by atoms with van der Waals surface area (Å²) in [6, 6.07) is -0.625. The van der Waals surface area contributed by atoms with Crippen LogP contribution in [0.15, 0.2) is 24.3 Å². The van der Waals surface area contributed by atoms with E-state index in [-0.39, 0.29) is 18.5 Å². The summed E-state index contributed by atoms with van der Waals surface area (Å²) in [4.78, 5) is 24.5. The first-order valence-corrected chi connectivity index (χ1v) is 32.1. The number of unbranched alkanes of at least 4 members (excludes halogenated alkanes) is 47. The lowest BCUT2D eigenvalue weighted by Gasteiger charge is -2.20. The van der Waals surface area contributed by atoms with Crippen LogP contribution in [0.4, 0.5) is 0 Å². The average Bonchev–Trinajstić information content (AvgIpc) is 3.37. The third-order valence-electron chi connectivity index (χ3n) is 15.0. The van der Waals surface area contributed by atoms with Crippen LogP contribution in [0.2, 0.25) is 0 Å². The zero-order valence-corrected chi connectivity index (χ0v) is 48.0. The van der Waals surface area contributed by atoms with Gasteiger partial charge in [0.25, 0.3) is 0 Å². The van der Waals surface area contributed by atoms with Gasteiger partial charge in [0.2, 0.25) is 5.91 Å². The van der Waals surface area contributed by atoms with E-state index < -0.39 is 12.1 Å². The molecule has 0 aliphatic heterocycles. The molecule has 0 fully saturated rings. The standard InChI is InChI=1S/C65H125NO5/c1-3-5-7-9-11-13-15-17-18-28-32-35-39-43-47-51-55-59-65(70)71-60-56-52-48-44-40-36-33-30-27-25-23-21-19-20-22-24-26-29-31-34-38-42-46-50-54-58-64(69)66-62(61-67)63(68)57-53-49-45-41-37-16-14-12-10-8-6-4-2/h17-18,53,57,62-63,67-68H,3-16,19-52,54-56,58-61H2,1-2H3,(H,66,69)/b18-17-,57-53+. The number of esters is 1. The number of hydrogen-bond acceptors (Lipinski definition) is 5. The van der Waals surface area contributed by atoms with Gasteiger partial charge in [0.05, 0.1) is 25.4 Å². The molecule has 0 aromatic rings. The largest absolute Gasteiger partial charge is 0.466 e. The monoisotopic (exact) mass is 1000 g/mol. The molecule has 2 atom stereocenters. The molecule has 0 aromatic carbocycles. The summed E-state index contributed by atoms with van der Waals surface area (Å²) in [5.74, 6) is -0.0528. The van der Waals surface area contributed by atoms with Crippen LogP contribution in [0.25, 0.3) is 0 Å². The number of carbonyl (C=O) groups is 2. The van der Waals surface area contributed by atoms with Gasteiger partial charge in [-0.15, -0.1) is 0 Å². The Kier molecular flexibility index (Phi) is 59.5. The van der Waals surface area contributed by atoms with Crippen LogP contribution in [0.5, 0.6) is 0 Å². The molecule has 0 aliphatic carbocycles. The number of amides is 1. The van der Waals surface area contributed by atoms with Crippen molar-refractivity contribution in [3.63, 3.8) is 0 Å². The average molecular weight is 1000 g/mol. The minimum atomic E-state index is -0.842. The number of aliphatic hydroxyl groups is 2. The first kappa shape index (κ1) is 69.3. The van der Waals surface area contributed by atoms with E-state index in [4.69, 9.17) is 4.74 Å². The van der Waals surface area contributed by atoms with Crippen LogP contribution in [-0.4, -0.2) is 47.4 Å². The van der Waals surface area contributed by atoms with Gasteiger partial charge in [0.15, 0.2) is 0 Å². The highest BCUT2D eigenvalue weighted by molar-refractivity contribution is 5.76. The van der Waals surface area contributed by atoms with Crippen molar-refractivity contribution in [3.05, 3.63) is 24.3 Å². The molecule has 6 nitrogen and oxygen atoms in total. The molecule has 0 spiro atoms. The molecule has 0 radical (unpaired) electrons. The molecular weight excluding hydrogens is 875 g/mol. The highest BCUT2D eigenvalue weighted by Gasteiger charge is 2.18. The third kappa shape index (κ3) is 57.5. The molecule has 420 valence electrons. The number of ether oxygens (including phenoxy) is 1. The number of allylic oxidation sites excluding steroid dienone is 3. The van der Waals surface area contributed by atoms with Gasteiger partial charge in [-0.3, -0.25) is 9.59 Å². The first-order valence-electron chi connectivity index (χ1n) is 32.1. The Hall–Kier alpha value is -1.66. The molecule has 0 saturated heterocycles. The quantitative estimate of drug-likeness (QED) is 0.0320. The van der Waals surface area contributed by atoms with Crippen LogP contribution >= 0.6 is 0 Å². The maximum atomic E-state index is 12.4. The number of carbonyl (C=O) groups excluding carboxylic acids is 2. The van der Waals surface area contributed by atoms with E-state index in [0.29, 0.717) is 19.4 Å². The summed E-state index contributed by atoms with van der Waals surface area (Å²) in [6.07, 6.45) is 75.2. The fourth-order valence-corrected chi connectivity index (χ4v) is 10.0. The van der Waals surface area contributed by atoms with Crippen molar-refractivity contribution in [1.29, 1.82) is 0 Å². The van der Waals surface area contributed by atoms with Gasteiger partial charge in [0.1, 0.15) is 0 Å². The fraction of sp³-hybridized carbons (Fsp3) is 0.908. The van der Waals surface area contributed by atoms with Crippen molar-refractivity contribution >= 4 is 11.9 Å². The Morgan fingerprint density at radius 3 is 1.00 bits per heavy atom. The Bertz CT molecular complexity index is 1110. The highest BCUT2D eigenvalue weighted by Crippen LogP contribution is 2.18. The second-order valence-corrected chi connectivity index (χ2v) is 22.1. The molecule has 0 aliphatic rings. The zero-order chi connectivity index (χ0) is 51.4. The molecule has 0 saturated carbocycles. The van der Waals surface area contributed by atoms with E-state index >= 15 is 0 Å². The smallest absolute Gasteiger partial charge is 0.305 e. The van der Waals surface area contributed by atoms with Crippen molar-refractivity contribution < 1.29 is 24.5 Å². The molecule has 2 unspecified atom stereocenters. The molecular formula is C65H125NO5. The highest BCUT2D eigenvalue weighted by atomic mass is 16.5. The predicted octanol–water partition coefficient (Wildman–Crippen LogP) is 20.2. The Morgan fingerprint density at radius 2 is 0.662 bits per heavy atom. The molecule has 0 bridgehead atoms. The summed E-state index contributed by atoms with van der Waals surface area (Å²) < 4.78 is 5.50. The van der Waals surface area contributed by atoms with E-state index in [1.807, 2.05) is 6.08 Å². The topological polar surface area (TPSA) is 95.9 Å². The van der Waals surface area contributed by atoms with Gasteiger partial charge < -0.3 is 20.3 Å². The summed E-state index contributed by atoms with van der Waals surface area (Å²) in [5.41, 5.74) is 0. The maximum absolute atomic E-state index is 12.4. The van der Waals surface area contributed by atoms with Gasteiger partial charge in [-0.1, -0.05) is 308 Å². The van der Waals surface area contributed by atoms with E-state index in [2.05, 4.69) is 31.3 Å². The summed E-state index contributed by atoms with van der Waals surface area (Å²) in [5, 5.41) is 23.1. The van der Waals surface area contributed by atoms with Crippen molar-refractivity contribution in [2.75, 3.05) is 13.2 Å². The minimum absolute atomic E-state index is 0.0129. The summed E-state index contributed by atoms with van der Waals surface area (Å²) in [7, 11) is 0. The molecule has 3 N–H and O–H groups in total. The van der Waals surface area contributed by atoms with Crippen molar-refractivity contribution in [2.24, 2.45) is 0 Å². The second kappa shape index (κ2) is 60.9. The Labute approximate surface area is 443 Å². The van der Waals surface area contributed by atoms with Gasteiger partial charge in [-0.05, 0) is 57.8 Å². The molecule has 0 rings (SSSR count). The Balaban J connectivity index is 3.35. The molecule has 71 heavy (non-hydrogen) atoms. The van der Waals surface area contributed by atoms with Gasteiger partial charge in [-0.25, -0.2) is 0 Å². The number of aliphatic hydroxyl groups excluding tert-OH is 2. The maximum Gasteiger partial charge on any atom is 0.305 e. The number of hydrogen-bond donors (Lipinski definition) is 3. The lowest BCUT2D eigenvalue weighted by Crippen LogP contribution is -2.45. The van der Waals surface area contributed by atoms with Crippen LogP contribution in [0.1, 0.15) is 354 Å². The van der Waals surface area contributed by atoms with E-state index in [1.54, 1.807) is 6.08 Å². The minimum Gasteiger partial charge on any atom is -0.466 e. The van der Waals surface area contributed by atoms with E-state index in [0.717, 1.165) is 44.9 Å². The molecule has 1 amide bonds. The van der Waals surface area contributed by atoms with Crippen LogP contribution in [0, 0.1) is 0 Å². The normalized spacial score (nSPS) is 12.7. The molecule has 6 heteroatoms. The lowest BCUT2D eigenvalue weighted by molar-refractivity contribution is -0.143. The Morgan fingerprint density at radius 1 is 0.380 bits per heavy atom. The first-order chi connectivity index (χ1) is 35.0. The van der Waals surface area contributed by atoms with Gasteiger partial charge in [0, 0.05) is 12.8 Å². The second-order valence-electron chi connectivity index (χ2n) is 22.1. The molecule has 0 heterocycles. The number of rotatable bonds is 60. The zero-order valence-electron chi connectivity index (χ0n) is 48.0. The van der Waals surface area contributed by atoms with Crippen molar-refractivity contribution in [3.8, 4) is 0 Å². The van der Waals surface area contributed by atoms with Gasteiger partial charge >= 0.3 is 5.97 Å². The van der Waals surface area contributed by atoms with Crippen LogP contribution < -0.4 is 5.32 Å². The van der Waals surface area contributed by atoms with Crippen molar-refractivity contribution in [2.45, 2.75) is 366 Å². The fourth-order valence-electron chi connectivity index (χ4n) is 10.0. The van der Waals surface area contributed by atoms with Crippen LogP contribution in [0.3, 0.4) is 0 Å². The summed E-state index contributed by atoms with van der Waals surface area (Å²) in [6.45, 7) is 4.91. The molecule has 0 aromatic heterocycles. The third-order valence-corrected chi connectivity index (χ3v) is 15.0. The van der Waals surface area contributed by atoms with Crippen LogP contribution in [-0.2, 0) is 14.3 Å². The van der Waals surface area contributed by atoms with Crippen molar-refractivity contribution in [1.82, 2.24) is 5.32 Å². The van der Waals surface area contributed by atoms with E-state index in [9.17, 15) is 19.8 Å². The number of nitrogens with one attached hydrogen (secondary N) is 1.